The van der Waals surface area contributed by atoms with Crippen LogP contribution in [0, 0.1) is 0 Å². The van der Waals surface area contributed by atoms with E-state index in [-0.39, 0.29) is 0 Å². The number of allylic oxidation sites excluding steroid dienone is 8. The first-order chi connectivity index (χ1) is 6.97. The Morgan fingerprint density at radius 1 is 0.786 bits per heavy atom. The van der Waals surface area contributed by atoms with Crippen LogP contribution in [0.1, 0.15) is 39.5 Å². The molecule has 0 N–H and O–H groups in total. The number of hydrogen-bond donors (Lipinski definition) is 0. The zero-order chi connectivity index (χ0) is 10.2. The zero-order valence-corrected chi connectivity index (χ0v) is 9.29. The Balaban J connectivity index is 0.000000461. The molecule has 0 aromatic heterocycles. The molecule has 0 heterocycles. The minimum atomic E-state index is 1.22. The van der Waals surface area contributed by atoms with Gasteiger partial charge in [0.25, 0.3) is 0 Å². The molecule has 0 heteroatoms. The number of rotatable bonds is 1. The highest BCUT2D eigenvalue weighted by atomic mass is 14.1. The Morgan fingerprint density at radius 3 is 1.50 bits per heavy atom. The average molecular weight is 188 g/mol. The van der Waals surface area contributed by atoms with Crippen LogP contribution in [0.2, 0.25) is 0 Å². The van der Waals surface area contributed by atoms with Crippen LogP contribution in [-0.2, 0) is 0 Å². The molecule has 0 aromatic rings. The smallest absolute Gasteiger partial charge is 0.0241 e. The van der Waals surface area contributed by atoms with Crippen molar-refractivity contribution in [2.75, 3.05) is 0 Å². The van der Waals surface area contributed by atoms with E-state index < -0.39 is 0 Å². The van der Waals surface area contributed by atoms with E-state index in [1.54, 1.807) is 11.1 Å². The van der Waals surface area contributed by atoms with Crippen molar-refractivity contribution >= 4 is 0 Å². The highest BCUT2D eigenvalue weighted by Crippen LogP contribution is 2.25. The van der Waals surface area contributed by atoms with E-state index in [4.69, 9.17) is 0 Å². The van der Waals surface area contributed by atoms with Gasteiger partial charge in [-0.3, -0.25) is 0 Å². The first kappa shape index (κ1) is 11.0. The van der Waals surface area contributed by atoms with Crippen LogP contribution in [0.5, 0.6) is 0 Å². The Hall–Kier alpha value is -1.04. The summed E-state index contributed by atoms with van der Waals surface area (Å²) in [7, 11) is 0. The van der Waals surface area contributed by atoms with Crippen molar-refractivity contribution in [3.8, 4) is 0 Å². The van der Waals surface area contributed by atoms with Gasteiger partial charge in [-0.1, -0.05) is 50.3 Å². The summed E-state index contributed by atoms with van der Waals surface area (Å²) in [6.07, 6.45) is 18.2. The molecule has 0 amide bonds. The van der Waals surface area contributed by atoms with Crippen molar-refractivity contribution < 1.29 is 0 Å². The highest BCUT2D eigenvalue weighted by molar-refractivity contribution is 5.39. The molecular weight excluding hydrogens is 168 g/mol. The van der Waals surface area contributed by atoms with Crippen molar-refractivity contribution in [3.05, 3.63) is 47.6 Å². The van der Waals surface area contributed by atoms with Crippen LogP contribution in [0.15, 0.2) is 47.6 Å². The van der Waals surface area contributed by atoms with Gasteiger partial charge in [-0.15, -0.1) is 0 Å². The van der Waals surface area contributed by atoms with Crippen molar-refractivity contribution in [1.82, 2.24) is 0 Å². The summed E-state index contributed by atoms with van der Waals surface area (Å²) >= 11 is 0. The lowest BCUT2D eigenvalue weighted by molar-refractivity contribution is 0.898. The molecule has 0 aromatic carbocycles. The van der Waals surface area contributed by atoms with E-state index in [1.165, 1.54) is 25.7 Å². The lowest BCUT2D eigenvalue weighted by atomic mass is 9.92. The molecule has 0 saturated carbocycles. The summed E-state index contributed by atoms with van der Waals surface area (Å²) in [6, 6.07) is 0. The van der Waals surface area contributed by atoms with Gasteiger partial charge in [0.1, 0.15) is 0 Å². The third kappa shape index (κ3) is 3.02. The van der Waals surface area contributed by atoms with Gasteiger partial charge >= 0.3 is 0 Å². The Morgan fingerprint density at radius 2 is 1.21 bits per heavy atom. The van der Waals surface area contributed by atoms with Gasteiger partial charge in [0.2, 0.25) is 0 Å². The molecular formula is C14H20. The van der Waals surface area contributed by atoms with Gasteiger partial charge in [0.15, 0.2) is 0 Å². The first-order valence-electron chi connectivity index (χ1n) is 5.68. The van der Waals surface area contributed by atoms with Crippen molar-refractivity contribution in [2.45, 2.75) is 39.5 Å². The third-order valence-corrected chi connectivity index (χ3v) is 2.44. The van der Waals surface area contributed by atoms with Crippen LogP contribution < -0.4 is 0 Å². The Bertz CT molecular complexity index is 244. The lowest BCUT2D eigenvalue weighted by Crippen LogP contribution is -1.94. The fourth-order valence-electron chi connectivity index (χ4n) is 1.74. The molecule has 2 rings (SSSR count). The maximum atomic E-state index is 2.26. The van der Waals surface area contributed by atoms with Gasteiger partial charge < -0.3 is 0 Å². The molecule has 2 aliphatic carbocycles. The Kier molecular flexibility index (Phi) is 5.06. The van der Waals surface area contributed by atoms with Crippen LogP contribution in [0.4, 0.5) is 0 Å². The van der Waals surface area contributed by atoms with Crippen molar-refractivity contribution in [3.63, 3.8) is 0 Å². The van der Waals surface area contributed by atoms with E-state index in [2.05, 4.69) is 36.5 Å². The summed E-state index contributed by atoms with van der Waals surface area (Å²) in [6.45, 7) is 4.00. The lowest BCUT2D eigenvalue weighted by Gasteiger charge is -2.14. The number of hydrogen-bond acceptors (Lipinski definition) is 0. The molecule has 0 fully saturated rings. The van der Waals surface area contributed by atoms with Crippen LogP contribution in [-0.4, -0.2) is 0 Å². The van der Waals surface area contributed by atoms with Gasteiger partial charge in [-0.25, -0.2) is 0 Å². The first-order valence-corrected chi connectivity index (χ1v) is 5.68. The zero-order valence-electron chi connectivity index (χ0n) is 9.29. The molecule has 0 unspecified atom stereocenters. The van der Waals surface area contributed by atoms with E-state index in [9.17, 15) is 0 Å². The second-order valence-electron chi connectivity index (χ2n) is 3.32. The van der Waals surface area contributed by atoms with Gasteiger partial charge in [0.05, 0.1) is 0 Å². The second-order valence-corrected chi connectivity index (χ2v) is 3.32. The van der Waals surface area contributed by atoms with E-state index in [0.29, 0.717) is 0 Å². The second kappa shape index (κ2) is 6.42. The normalized spacial score (nSPS) is 19.3. The Labute approximate surface area is 87.7 Å². The minimum absolute atomic E-state index is 1.22. The molecule has 0 atom stereocenters. The van der Waals surface area contributed by atoms with Crippen molar-refractivity contribution in [2.24, 2.45) is 0 Å². The maximum Gasteiger partial charge on any atom is -0.0241 e. The average Bonchev–Trinajstić information content (AvgIpc) is 2.34. The summed E-state index contributed by atoms with van der Waals surface area (Å²) in [5.41, 5.74) is 3.09. The largest absolute Gasteiger partial charge is 0.0842 e. The van der Waals surface area contributed by atoms with Gasteiger partial charge in [-0.05, 0) is 36.8 Å². The molecule has 0 bridgehead atoms. The quantitative estimate of drug-likeness (QED) is 0.565. The van der Waals surface area contributed by atoms with Crippen LogP contribution >= 0.6 is 0 Å². The van der Waals surface area contributed by atoms with E-state index >= 15 is 0 Å². The summed E-state index contributed by atoms with van der Waals surface area (Å²) in [4.78, 5) is 0. The topological polar surface area (TPSA) is 0 Å². The molecule has 0 nitrogen and oxygen atoms in total. The maximum absolute atomic E-state index is 2.26. The summed E-state index contributed by atoms with van der Waals surface area (Å²) in [5.74, 6) is 0. The van der Waals surface area contributed by atoms with Crippen LogP contribution in [0.3, 0.4) is 0 Å². The predicted octanol–water partition coefficient (Wildman–Crippen LogP) is 4.57. The molecule has 0 saturated heterocycles. The summed E-state index contributed by atoms with van der Waals surface area (Å²) in [5, 5.41) is 0. The molecule has 2 aliphatic rings. The molecule has 14 heavy (non-hydrogen) atoms. The predicted molar refractivity (Wildman–Crippen MR) is 64.3 cm³/mol. The minimum Gasteiger partial charge on any atom is -0.0842 e. The van der Waals surface area contributed by atoms with E-state index in [0.717, 1.165) is 0 Å². The third-order valence-electron chi connectivity index (χ3n) is 2.44. The van der Waals surface area contributed by atoms with Crippen molar-refractivity contribution in [1.29, 1.82) is 0 Å². The fourth-order valence-corrected chi connectivity index (χ4v) is 1.74. The monoisotopic (exact) mass is 188 g/mol. The highest BCUT2D eigenvalue weighted by Gasteiger charge is 2.06. The molecule has 0 spiro atoms. The fraction of sp³-hybridized carbons (Fsp3) is 0.429. The van der Waals surface area contributed by atoms with E-state index in [1.807, 2.05) is 13.8 Å². The van der Waals surface area contributed by atoms with Crippen LogP contribution in [0.25, 0.3) is 0 Å². The summed E-state index contributed by atoms with van der Waals surface area (Å²) < 4.78 is 0. The molecule has 76 valence electrons. The van der Waals surface area contributed by atoms with Gasteiger partial charge in [-0.2, -0.15) is 0 Å². The molecule has 0 radical (unpaired) electrons. The standard InChI is InChI=1S/C12H14.C2H6/c1-3-7-11(8-4-1)12-9-5-2-6-10-12;1-2/h1-3,5,7,9H,4,6,8,10H2;1-2H3. The van der Waals surface area contributed by atoms with Gasteiger partial charge in [0, 0.05) is 0 Å². The molecule has 0 aliphatic heterocycles. The SMILES string of the molecule is C1=CCCC(C2=CC=CCC2)=C1.CC.